The Balaban J connectivity index is 2.39. The number of rotatable bonds is 5. The third-order valence-corrected chi connectivity index (χ3v) is 3.43. The number of hydrogen-bond donors (Lipinski definition) is 1. The number of benzene rings is 1. The summed E-state index contributed by atoms with van der Waals surface area (Å²) in [5.74, 6) is 1.71. The first-order valence-corrected chi connectivity index (χ1v) is 6.44. The molecule has 0 aliphatic rings. The van der Waals surface area contributed by atoms with E-state index >= 15 is 0 Å². The van der Waals surface area contributed by atoms with Crippen LogP contribution in [0.5, 0.6) is 0 Å². The molecule has 1 atom stereocenters. The third kappa shape index (κ3) is 2.34. The van der Waals surface area contributed by atoms with Gasteiger partial charge in [-0.15, -0.1) is 0 Å². The van der Waals surface area contributed by atoms with Crippen LogP contribution in [0.3, 0.4) is 0 Å². The van der Waals surface area contributed by atoms with Gasteiger partial charge in [0.15, 0.2) is 0 Å². The predicted molar refractivity (Wildman–Crippen MR) is 71.9 cm³/mol. The van der Waals surface area contributed by atoms with Gasteiger partial charge in [0.1, 0.15) is 5.82 Å². The zero-order valence-corrected chi connectivity index (χ0v) is 10.7. The second kappa shape index (κ2) is 5.32. The number of imidazole rings is 1. The summed E-state index contributed by atoms with van der Waals surface area (Å²) in [6.45, 7) is 6.07. The second-order valence-electron chi connectivity index (χ2n) is 4.48. The fourth-order valence-corrected chi connectivity index (χ4v) is 2.29. The second-order valence-corrected chi connectivity index (χ2v) is 4.48. The first-order valence-electron chi connectivity index (χ1n) is 6.44. The van der Waals surface area contributed by atoms with E-state index in [-0.39, 0.29) is 0 Å². The van der Waals surface area contributed by atoms with Gasteiger partial charge in [-0.3, -0.25) is 0 Å². The van der Waals surface area contributed by atoms with Gasteiger partial charge in [-0.1, -0.05) is 25.5 Å². The molecule has 2 rings (SSSR count). The van der Waals surface area contributed by atoms with Crippen molar-refractivity contribution in [3.05, 3.63) is 30.1 Å². The van der Waals surface area contributed by atoms with E-state index in [4.69, 9.17) is 10.7 Å². The minimum absolute atomic E-state index is 0.539. The molecule has 0 aliphatic heterocycles. The van der Waals surface area contributed by atoms with E-state index in [1.54, 1.807) is 0 Å². The summed E-state index contributed by atoms with van der Waals surface area (Å²) in [6.07, 6.45) is 2.10. The lowest BCUT2D eigenvalue weighted by molar-refractivity contribution is 0.494. The lowest BCUT2D eigenvalue weighted by Crippen LogP contribution is -2.18. The van der Waals surface area contributed by atoms with Gasteiger partial charge >= 0.3 is 0 Å². The molecule has 17 heavy (non-hydrogen) atoms. The van der Waals surface area contributed by atoms with Crippen LogP contribution in [-0.2, 0) is 13.0 Å². The number of nitrogens with two attached hydrogens (primary N) is 1. The molecule has 1 heterocycles. The first kappa shape index (κ1) is 12.1. The molecule has 0 radical (unpaired) electrons. The van der Waals surface area contributed by atoms with Gasteiger partial charge in [0.2, 0.25) is 0 Å². The molecule has 2 N–H and O–H groups in total. The molecular formula is C14H21N3. The van der Waals surface area contributed by atoms with Crippen molar-refractivity contribution in [3.8, 4) is 0 Å². The fraction of sp³-hybridized carbons (Fsp3) is 0.500. The molecule has 92 valence electrons. The van der Waals surface area contributed by atoms with E-state index in [1.165, 1.54) is 11.3 Å². The number of nitrogens with zero attached hydrogens (tertiary/aromatic N) is 2. The summed E-state index contributed by atoms with van der Waals surface area (Å²) in [6, 6.07) is 8.33. The van der Waals surface area contributed by atoms with Crippen molar-refractivity contribution in [1.29, 1.82) is 0 Å². The molecule has 3 nitrogen and oxygen atoms in total. The molecule has 3 heteroatoms. The van der Waals surface area contributed by atoms with Crippen LogP contribution in [-0.4, -0.2) is 16.1 Å². The molecule has 0 saturated heterocycles. The summed E-state index contributed by atoms with van der Waals surface area (Å²) >= 11 is 0. The normalized spacial score (nSPS) is 13.1. The zero-order chi connectivity index (χ0) is 12.3. The van der Waals surface area contributed by atoms with Gasteiger partial charge in [-0.25, -0.2) is 4.98 Å². The third-order valence-electron chi connectivity index (χ3n) is 3.43. The highest BCUT2D eigenvalue weighted by Gasteiger charge is 2.13. The van der Waals surface area contributed by atoms with E-state index in [2.05, 4.69) is 36.6 Å². The molecule has 0 aliphatic carbocycles. The standard InChI is InChI=1S/C14H21N3/c1-3-11(10-15)9-14-16-12-7-5-6-8-13(12)17(14)4-2/h5-8,11H,3-4,9-10,15H2,1-2H3. The molecular weight excluding hydrogens is 210 g/mol. The molecule has 1 aromatic carbocycles. The van der Waals surface area contributed by atoms with E-state index in [1.807, 2.05) is 6.07 Å². The van der Waals surface area contributed by atoms with Crippen LogP contribution in [0, 0.1) is 5.92 Å². The van der Waals surface area contributed by atoms with Gasteiger partial charge in [0, 0.05) is 13.0 Å². The minimum atomic E-state index is 0.539. The number of fused-ring (bicyclic) bond motifs is 1. The Hall–Kier alpha value is -1.35. The lowest BCUT2D eigenvalue weighted by atomic mass is 10.0. The number of aryl methyl sites for hydroxylation is 1. The highest BCUT2D eigenvalue weighted by atomic mass is 15.1. The largest absolute Gasteiger partial charge is 0.330 e. The Bertz CT molecular complexity index is 483. The molecule has 0 spiro atoms. The topological polar surface area (TPSA) is 43.8 Å². The highest BCUT2D eigenvalue weighted by molar-refractivity contribution is 5.75. The van der Waals surface area contributed by atoms with Gasteiger partial charge in [-0.05, 0) is 31.5 Å². The van der Waals surface area contributed by atoms with Crippen molar-refractivity contribution in [1.82, 2.24) is 9.55 Å². The van der Waals surface area contributed by atoms with E-state index in [9.17, 15) is 0 Å². The summed E-state index contributed by atoms with van der Waals surface area (Å²) < 4.78 is 2.30. The SMILES string of the molecule is CCC(CN)Cc1nc2ccccc2n1CC. The van der Waals surface area contributed by atoms with Gasteiger partial charge in [-0.2, -0.15) is 0 Å². The van der Waals surface area contributed by atoms with E-state index < -0.39 is 0 Å². The van der Waals surface area contributed by atoms with Crippen LogP contribution < -0.4 is 5.73 Å². The first-order chi connectivity index (χ1) is 8.30. The molecule has 0 bridgehead atoms. The number of aromatic nitrogens is 2. The maximum atomic E-state index is 5.78. The molecule has 2 aromatic rings. The van der Waals surface area contributed by atoms with Gasteiger partial charge in [0.05, 0.1) is 11.0 Å². The van der Waals surface area contributed by atoms with Crippen molar-refractivity contribution in [2.75, 3.05) is 6.54 Å². The smallest absolute Gasteiger partial charge is 0.110 e. The van der Waals surface area contributed by atoms with Crippen LogP contribution in [0.25, 0.3) is 11.0 Å². The Labute approximate surface area is 103 Å². The van der Waals surface area contributed by atoms with Crippen LogP contribution in [0.15, 0.2) is 24.3 Å². The minimum Gasteiger partial charge on any atom is -0.330 e. The van der Waals surface area contributed by atoms with Crippen molar-refractivity contribution >= 4 is 11.0 Å². The molecule has 1 unspecified atom stereocenters. The van der Waals surface area contributed by atoms with Crippen molar-refractivity contribution in [3.63, 3.8) is 0 Å². The highest BCUT2D eigenvalue weighted by Crippen LogP contribution is 2.19. The zero-order valence-electron chi connectivity index (χ0n) is 10.7. The van der Waals surface area contributed by atoms with Crippen molar-refractivity contribution in [2.45, 2.75) is 33.2 Å². The van der Waals surface area contributed by atoms with E-state index in [0.717, 1.165) is 31.4 Å². The molecule has 0 saturated carbocycles. The Morgan fingerprint density at radius 3 is 2.71 bits per heavy atom. The maximum absolute atomic E-state index is 5.78. The number of para-hydroxylation sites is 2. The summed E-state index contributed by atoms with van der Waals surface area (Å²) in [7, 11) is 0. The fourth-order valence-electron chi connectivity index (χ4n) is 2.29. The molecule has 0 fully saturated rings. The average molecular weight is 231 g/mol. The van der Waals surface area contributed by atoms with Gasteiger partial charge < -0.3 is 10.3 Å². The Kier molecular flexibility index (Phi) is 3.79. The van der Waals surface area contributed by atoms with Crippen molar-refractivity contribution < 1.29 is 0 Å². The van der Waals surface area contributed by atoms with E-state index in [0.29, 0.717) is 5.92 Å². The molecule has 1 aromatic heterocycles. The average Bonchev–Trinajstić information content (AvgIpc) is 2.72. The molecule has 0 amide bonds. The van der Waals surface area contributed by atoms with Crippen molar-refractivity contribution in [2.24, 2.45) is 11.7 Å². The lowest BCUT2D eigenvalue weighted by Gasteiger charge is -2.12. The Morgan fingerprint density at radius 1 is 1.29 bits per heavy atom. The summed E-state index contributed by atoms with van der Waals surface area (Å²) in [5.41, 5.74) is 8.11. The van der Waals surface area contributed by atoms with Gasteiger partial charge in [0.25, 0.3) is 0 Å². The summed E-state index contributed by atoms with van der Waals surface area (Å²) in [5, 5.41) is 0. The number of hydrogen-bond acceptors (Lipinski definition) is 2. The quantitative estimate of drug-likeness (QED) is 0.859. The summed E-state index contributed by atoms with van der Waals surface area (Å²) in [4.78, 5) is 4.73. The van der Waals surface area contributed by atoms with Crippen LogP contribution in [0.4, 0.5) is 0 Å². The predicted octanol–water partition coefficient (Wildman–Crippen LogP) is 2.58. The maximum Gasteiger partial charge on any atom is 0.110 e. The van der Waals surface area contributed by atoms with Crippen LogP contribution in [0.1, 0.15) is 26.1 Å². The monoisotopic (exact) mass is 231 g/mol. The Morgan fingerprint density at radius 2 is 2.06 bits per heavy atom. The van der Waals surface area contributed by atoms with Crippen LogP contribution in [0.2, 0.25) is 0 Å². The van der Waals surface area contributed by atoms with Crippen LogP contribution >= 0.6 is 0 Å².